The van der Waals surface area contributed by atoms with Crippen LogP contribution in [0.4, 0.5) is 8.78 Å². The van der Waals surface area contributed by atoms with Crippen molar-refractivity contribution in [2.24, 2.45) is 5.73 Å². The Morgan fingerprint density at radius 3 is 2.67 bits per heavy atom. The Bertz CT molecular complexity index is 398. The van der Waals surface area contributed by atoms with Crippen molar-refractivity contribution < 1.29 is 18.3 Å². The number of halogens is 3. The van der Waals surface area contributed by atoms with Crippen LogP contribution < -0.4 is 10.5 Å². The first-order chi connectivity index (χ1) is 6.99. The lowest BCUT2D eigenvalue weighted by atomic mass is 10.1. The third-order valence-corrected chi connectivity index (χ3v) is 2.52. The second-order valence-corrected chi connectivity index (χ2v) is 3.60. The van der Waals surface area contributed by atoms with Gasteiger partial charge in [0.05, 0.1) is 12.7 Å². The van der Waals surface area contributed by atoms with Crippen molar-refractivity contribution in [3.63, 3.8) is 0 Å². The van der Waals surface area contributed by atoms with E-state index in [0.29, 0.717) is 0 Å². The first-order valence-electron chi connectivity index (χ1n) is 3.79. The highest BCUT2D eigenvalue weighted by molar-refractivity contribution is 14.1. The Hall–Kier alpha value is -0.990. The summed E-state index contributed by atoms with van der Waals surface area (Å²) in [6.07, 6.45) is -1.79. The summed E-state index contributed by atoms with van der Waals surface area (Å²) in [6, 6.07) is 0. The molecule has 0 radical (unpaired) electrons. The molecule has 82 valence electrons. The molecule has 4 nitrogen and oxygen atoms in total. The van der Waals surface area contributed by atoms with Crippen LogP contribution >= 0.6 is 22.6 Å². The van der Waals surface area contributed by atoms with E-state index in [1.807, 2.05) is 0 Å². The highest BCUT2D eigenvalue weighted by Gasteiger charge is 2.23. The van der Waals surface area contributed by atoms with Gasteiger partial charge in [0, 0.05) is 6.20 Å². The molecule has 1 aromatic heterocycles. The van der Waals surface area contributed by atoms with Gasteiger partial charge in [-0.1, -0.05) is 0 Å². The van der Waals surface area contributed by atoms with E-state index >= 15 is 0 Å². The van der Waals surface area contributed by atoms with Crippen molar-refractivity contribution >= 4 is 28.5 Å². The fourth-order valence-corrected chi connectivity index (χ4v) is 1.73. The van der Waals surface area contributed by atoms with E-state index in [-0.39, 0.29) is 15.0 Å². The summed E-state index contributed by atoms with van der Waals surface area (Å²) in [5.41, 5.74) is 4.50. The number of carbonyl (C=O) groups excluding carboxylic acids is 1. The second-order valence-electron chi connectivity index (χ2n) is 2.58. The Morgan fingerprint density at radius 2 is 2.27 bits per heavy atom. The zero-order valence-corrected chi connectivity index (χ0v) is 9.79. The smallest absolute Gasteiger partial charge is 0.268 e. The molecule has 0 unspecified atom stereocenters. The first kappa shape index (κ1) is 12.1. The number of amides is 1. The van der Waals surface area contributed by atoms with Crippen LogP contribution in [0.15, 0.2) is 6.20 Å². The van der Waals surface area contributed by atoms with Gasteiger partial charge in [-0.15, -0.1) is 0 Å². The molecular weight excluding hydrogens is 321 g/mol. The quantitative estimate of drug-likeness (QED) is 0.679. The lowest BCUT2D eigenvalue weighted by Gasteiger charge is -2.11. The van der Waals surface area contributed by atoms with Gasteiger partial charge in [0.25, 0.3) is 12.3 Å². The average Bonchev–Trinajstić information content (AvgIpc) is 2.15. The van der Waals surface area contributed by atoms with Gasteiger partial charge >= 0.3 is 0 Å². The molecule has 0 aliphatic carbocycles. The fourth-order valence-electron chi connectivity index (χ4n) is 1.08. The number of ether oxygens (including phenoxy) is 1. The molecule has 0 aliphatic rings. The molecule has 1 heterocycles. The predicted molar refractivity (Wildman–Crippen MR) is 57.0 cm³/mol. The van der Waals surface area contributed by atoms with Crippen LogP contribution in [-0.4, -0.2) is 18.0 Å². The van der Waals surface area contributed by atoms with E-state index in [9.17, 15) is 13.6 Å². The Morgan fingerprint density at radius 1 is 1.67 bits per heavy atom. The van der Waals surface area contributed by atoms with Crippen LogP contribution in [-0.2, 0) is 0 Å². The number of nitrogens with zero attached hydrogens (tertiary/aromatic N) is 1. The minimum Gasteiger partial charge on any atom is -0.495 e. The van der Waals surface area contributed by atoms with Crippen molar-refractivity contribution in [3.8, 4) is 5.75 Å². The molecule has 7 heteroatoms. The minimum absolute atomic E-state index is 0.115. The van der Waals surface area contributed by atoms with Gasteiger partial charge < -0.3 is 10.5 Å². The number of aromatic nitrogens is 1. The Balaban J connectivity index is 3.47. The van der Waals surface area contributed by atoms with Gasteiger partial charge in [-0.05, 0) is 22.6 Å². The number of hydrogen-bond acceptors (Lipinski definition) is 3. The van der Waals surface area contributed by atoms with Crippen molar-refractivity contribution in [2.75, 3.05) is 7.11 Å². The summed E-state index contributed by atoms with van der Waals surface area (Å²) >= 11 is 1.73. The number of methoxy groups -OCH3 is 1. The molecule has 0 bridgehead atoms. The maximum Gasteiger partial charge on any atom is 0.268 e. The molecule has 0 aromatic carbocycles. The van der Waals surface area contributed by atoms with E-state index in [1.165, 1.54) is 7.11 Å². The van der Waals surface area contributed by atoms with Crippen LogP contribution in [0, 0.1) is 3.70 Å². The highest BCUT2D eigenvalue weighted by Crippen LogP contribution is 2.32. The SMILES string of the molecule is COc1c(C(F)F)cnc(I)c1C(N)=O. The van der Waals surface area contributed by atoms with Crippen molar-refractivity contribution in [1.82, 2.24) is 4.98 Å². The number of carbonyl (C=O) groups is 1. The van der Waals surface area contributed by atoms with Crippen LogP contribution in [0.2, 0.25) is 0 Å². The maximum atomic E-state index is 12.5. The van der Waals surface area contributed by atoms with E-state index in [2.05, 4.69) is 4.98 Å². The van der Waals surface area contributed by atoms with Gasteiger partial charge in [-0.2, -0.15) is 0 Å². The summed E-state index contributed by atoms with van der Waals surface area (Å²) in [4.78, 5) is 14.7. The molecular formula is C8H7F2IN2O2. The number of hydrogen-bond donors (Lipinski definition) is 1. The Kier molecular flexibility index (Phi) is 3.77. The largest absolute Gasteiger partial charge is 0.495 e. The predicted octanol–water partition coefficient (Wildman–Crippen LogP) is 1.73. The molecule has 1 amide bonds. The third kappa shape index (κ3) is 2.33. The van der Waals surface area contributed by atoms with Crippen LogP contribution in [0.25, 0.3) is 0 Å². The normalized spacial score (nSPS) is 10.5. The summed E-state index contributed by atoms with van der Waals surface area (Å²) < 4.78 is 30.0. The second kappa shape index (κ2) is 4.69. The Labute approximate surface area is 98.0 Å². The van der Waals surface area contributed by atoms with Gasteiger partial charge in [0.15, 0.2) is 0 Å². The van der Waals surface area contributed by atoms with E-state index < -0.39 is 17.9 Å². The highest BCUT2D eigenvalue weighted by atomic mass is 127. The average molecular weight is 328 g/mol. The van der Waals surface area contributed by atoms with Crippen LogP contribution in [0.1, 0.15) is 22.3 Å². The lowest BCUT2D eigenvalue weighted by molar-refractivity contribution is 0.0994. The maximum absolute atomic E-state index is 12.5. The van der Waals surface area contributed by atoms with Crippen LogP contribution in [0.5, 0.6) is 5.75 Å². The summed E-state index contributed by atoms with van der Waals surface area (Å²) in [5.74, 6) is -1.05. The number of primary amides is 1. The lowest BCUT2D eigenvalue weighted by Crippen LogP contribution is -2.16. The molecule has 1 aromatic rings. The molecule has 15 heavy (non-hydrogen) atoms. The zero-order chi connectivity index (χ0) is 11.6. The number of nitrogens with two attached hydrogens (primary N) is 1. The van der Waals surface area contributed by atoms with E-state index in [0.717, 1.165) is 6.20 Å². The van der Waals surface area contributed by atoms with Crippen molar-refractivity contribution in [1.29, 1.82) is 0 Å². The molecule has 0 saturated heterocycles. The molecule has 0 saturated carbocycles. The number of alkyl halides is 2. The van der Waals surface area contributed by atoms with E-state index in [1.54, 1.807) is 22.6 Å². The topological polar surface area (TPSA) is 65.2 Å². The van der Waals surface area contributed by atoms with E-state index in [4.69, 9.17) is 10.5 Å². The number of rotatable bonds is 3. The fraction of sp³-hybridized carbons (Fsp3) is 0.250. The monoisotopic (exact) mass is 328 g/mol. The van der Waals surface area contributed by atoms with Crippen molar-refractivity contribution in [2.45, 2.75) is 6.43 Å². The molecule has 0 aliphatic heterocycles. The van der Waals surface area contributed by atoms with Gasteiger partial charge in [0.2, 0.25) is 0 Å². The third-order valence-electron chi connectivity index (χ3n) is 1.70. The van der Waals surface area contributed by atoms with Gasteiger partial charge in [-0.25, -0.2) is 13.8 Å². The molecule has 1 rings (SSSR count). The molecule has 2 N–H and O–H groups in total. The number of pyridine rings is 1. The molecule has 0 fully saturated rings. The summed E-state index contributed by atoms with van der Waals surface area (Å²) in [5, 5.41) is 0. The van der Waals surface area contributed by atoms with Gasteiger partial charge in [-0.3, -0.25) is 4.79 Å². The summed E-state index contributed by atoms with van der Waals surface area (Å²) in [6.45, 7) is 0. The first-order valence-corrected chi connectivity index (χ1v) is 4.87. The van der Waals surface area contributed by atoms with Crippen molar-refractivity contribution in [3.05, 3.63) is 21.0 Å². The van der Waals surface area contributed by atoms with Crippen LogP contribution in [0.3, 0.4) is 0 Å². The molecule has 0 atom stereocenters. The zero-order valence-electron chi connectivity index (χ0n) is 7.63. The minimum atomic E-state index is -2.76. The molecule has 0 spiro atoms. The summed E-state index contributed by atoms with van der Waals surface area (Å²) in [7, 11) is 1.20. The standard InChI is InChI=1S/C8H7F2IN2O2/c1-15-5-3(6(9)10)2-13-7(11)4(5)8(12)14/h2,6H,1H3,(H2,12,14). The van der Waals surface area contributed by atoms with Gasteiger partial charge in [0.1, 0.15) is 15.0 Å².